The number of imide groups is 1. The van der Waals surface area contributed by atoms with Crippen LogP contribution in [-0.4, -0.2) is 35.8 Å². The number of nitrogens with zero attached hydrogens (tertiary/aromatic N) is 1. The van der Waals surface area contributed by atoms with E-state index in [1.165, 1.54) is 0 Å². The van der Waals surface area contributed by atoms with Crippen molar-refractivity contribution in [2.45, 2.75) is 24.8 Å². The molecule has 1 aliphatic heterocycles. The van der Waals surface area contributed by atoms with Crippen molar-refractivity contribution in [2.75, 3.05) is 13.1 Å². The molecule has 0 radical (unpaired) electrons. The monoisotopic (exact) mass is 313 g/mol. The Bertz CT molecular complexity index is 685. The number of hydrogen-bond acceptors (Lipinski definition) is 3. The number of amides is 4. The molecule has 0 bridgehead atoms. The summed E-state index contributed by atoms with van der Waals surface area (Å²) in [5.74, 6) is -0.724. The Labute approximate surface area is 134 Å². The molecule has 1 spiro atoms. The normalized spacial score (nSPS) is 22.7. The van der Waals surface area contributed by atoms with Crippen molar-refractivity contribution in [1.29, 1.82) is 0 Å². The second-order valence-electron chi connectivity index (χ2n) is 5.83. The van der Waals surface area contributed by atoms with Gasteiger partial charge in [-0.15, -0.1) is 6.58 Å². The van der Waals surface area contributed by atoms with Gasteiger partial charge in [-0.2, -0.15) is 0 Å². The van der Waals surface area contributed by atoms with Crippen LogP contribution in [0.5, 0.6) is 0 Å². The molecule has 1 aliphatic carbocycles. The third-order valence-corrected chi connectivity index (χ3v) is 4.40. The summed E-state index contributed by atoms with van der Waals surface area (Å²) in [4.78, 5) is 38.0. The van der Waals surface area contributed by atoms with Gasteiger partial charge in [0.1, 0.15) is 12.1 Å². The van der Waals surface area contributed by atoms with Gasteiger partial charge in [0.15, 0.2) is 0 Å². The molecule has 1 atom stereocenters. The Hall–Kier alpha value is -2.63. The fraction of sp³-hybridized carbons (Fsp3) is 0.353. The quantitative estimate of drug-likeness (QED) is 0.645. The Balaban J connectivity index is 1.87. The summed E-state index contributed by atoms with van der Waals surface area (Å²) >= 11 is 0. The van der Waals surface area contributed by atoms with Crippen molar-refractivity contribution in [1.82, 2.24) is 15.5 Å². The molecule has 1 fully saturated rings. The van der Waals surface area contributed by atoms with Crippen LogP contribution in [0.3, 0.4) is 0 Å². The van der Waals surface area contributed by atoms with Crippen LogP contribution >= 0.6 is 0 Å². The second kappa shape index (κ2) is 5.87. The summed E-state index contributed by atoms with van der Waals surface area (Å²) in [6.07, 6.45) is 3.81. The van der Waals surface area contributed by atoms with Crippen molar-refractivity contribution in [2.24, 2.45) is 0 Å². The first-order valence-corrected chi connectivity index (χ1v) is 7.68. The predicted molar refractivity (Wildman–Crippen MR) is 84.5 cm³/mol. The zero-order chi connectivity index (χ0) is 16.4. The molecule has 0 saturated carbocycles. The van der Waals surface area contributed by atoms with Crippen molar-refractivity contribution in [3.63, 3.8) is 0 Å². The molecule has 6 nitrogen and oxygen atoms in total. The number of benzene rings is 1. The molecule has 23 heavy (non-hydrogen) atoms. The van der Waals surface area contributed by atoms with Gasteiger partial charge in [-0.05, 0) is 30.4 Å². The molecule has 1 unspecified atom stereocenters. The molecule has 1 heterocycles. The standard InChI is InChI=1S/C17H19N3O3/c1-2-10-18-14(21)11-20-15(22)17(19-16(20)23)9-5-7-12-6-3-4-8-13(12)17/h2-4,6,8H,1,5,7,9-11H2,(H,18,21)(H,19,23). The third-order valence-electron chi connectivity index (χ3n) is 4.40. The van der Waals surface area contributed by atoms with Gasteiger partial charge in [-0.1, -0.05) is 30.3 Å². The first-order valence-electron chi connectivity index (χ1n) is 7.68. The summed E-state index contributed by atoms with van der Waals surface area (Å²) in [6, 6.07) is 7.15. The number of hydrogen-bond donors (Lipinski definition) is 2. The topological polar surface area (TPSA) is 78.5 Å². The van der Waals surface area contributed by atoms with E-state index in [4.69, 9.17) is 0 Å². The highest BCUT2D eigenvalue weighted by atomic mass is 16.2. The van der Waals surface area contributed by atoms with Crippen LogP contribution in [0.2, 0.25) is 0 Å². The highest BCUT2D eigenvalue weighted by molar-refractivity contribution is 6.09. The average Bonchev–Trinajstić information content (AvgIpc) is 2.78. The zero-order valence-electron chi connectivity index (χ0n) is 12.8. The van der Waals surface area contributed by atoms with Gasteiger partial charge in [-0.3, -0.25) is 14.5 Å². The number of rotatable bonds is 4. The fourth-order valence-electron chi connectivity index (χ4n) is 3.34. The molecule has 1 aromatic carbocycles. The molecule has 2 aliphatic rings. The van der Waals surface area contributed by atoms with Crippen molar-refractivity contribution in [3.05, 3.63) is 48.0 Å². The van der Waals surface area contributed by atoms with Crippen molar-refractivity contribution >= 4 is 17.8 Å². The highest BCUT2D eigenvalue weighted by Gasteiger charge is 2.54. The molecule has 1 aromatic rings. The number of nitrogens with one attached hydrogen (secondary N) is 2. The lowest BCUT2D eigenvalue weighted by molar-refractivity contribution is -0.135. The summed E-state index contributed by atoms with van der Waals surface area (Å²) < 4.78 is 0. The fourth-order valence-corrected chi connectivity index (χ4v) is 3.34. The van der Waals surface area contributed by atoms with E-state index in [0.29, 0.717) is 13.0 Å². The molecule has 0 aromatic heterocycles. The summed E-state index contributed by atoms with van der Waals surface area (Å²) in [5, 5.41) is 5.40. The first-order chi connectivity index (χ1) is 11.1. The molecule has 6 heteroatoms. The van der Waals surface area contributed by atoms with Gasteiger partial charge in [-0.25, -0.2) is 4.79 Å². The number of carbonyl (C=O) groups is 3. The number of fused-ring (bicyclic) bond motifs is 2. The number of aryl methyl sites for hydroxylation is 1. The Kier molecular flexibility index (Phi) is 3.90. The van der Waals surface area contributed by atoms with Crippen LogP contribution < -0.4 is 10.6 Å². The molecule has 3 rings (SSSR count). The summed E-state index contributed by atoms with van der Waals surface area (Å²) in [5.41, 5.74) is 0.897. The van der Waals surface area contributed by atoms with E-state index in [-0.39, 0.29) is 18.4 Å². The van der Waals surface area contributed by atoms with Crippen molar-refractivity contribution in [3.8, 4) is 0 Å². The minimum absolute atomic E-state index is 0.275. The minimum atomic E-state index is -1.02. The minimum Gasteiger partial charge on any atom is -0.351 e. The second-order valence-corrected chi connectivity index (χ2v) is 5.83. The molecular formula is C17H19N3O3. The van der Waals surface area contributed by atoms with Crippen LogP contribution in [0.1, 0.15) is 24.0 Å². The van der Waals surface area contributed by atoms with E-state index in [0.717, 1.165) is 28.9 Å². The van der Waals surface area contributed by atoms with E-state index in [1.807, 2.05) is 24.3 Å². The van der Waals surface area contributed by atoms with Gasteiger partial charge in [0, 0.05) is 6.54 Å². The third kappa shape index (κ3) is 2.50. The lowest BCUT2D eigenvalue weighted by atomic mass is 9.76. The van der Waals surface area contributed by atoms with Crippen LogP contribution in [0, 0.1) is 0 Å². The number of carbonyl (C=O) groups excluding carboxylic acids is 3. The molecule has 2 N–H and O–H groups in total. The summed E-state index contributed by atoms with van der Waals surface area (Å²) in [6.45, 7) is 3.54. The largest absolute Gasteiger partial charge is 0.351 e. The predicted octanol–water partition coefficient (Wildman–Crippen LogP) is 1.07. The maximum Gasteiger partial charge on any atom is 0.325 e. The van der Waals surface area contributed by atoms with E-state index in [2.05, 4.69) is 17.2 Å². The van der Waals surface area contributed by atoms with Gasteiger partial charge in [0.2, 0.25) is 5.91 Å². The van der Waals surface area contributed by atoms with Gasteiger partial charge >= 0.3 is 6.03 Å². The van der Waals surface area contributed by atoms with E-state index in [1.54, 1.807) is 6.08 Å². The van der Waals surface area contributed by atoms with E-state index < -0.39 is 11.6 Å². The first kappa shape index (κ1) is 15.3. The van der Waals surface area contributed by atoms with Crippen LogP contribution in [0.25, 0.3) is 0 Å². The van der Waals surface area contributed by atoms with Gasteiger partial charge in [0.05, 0.1) is 0 Å². The maximum absolute atomic E-state index is 12.9. The van der Waals surface area contributed by atoms with E-state index >= 15 is 0 Å². The maximum atomic E-state index is 12.9. The molecule has 120 valence electrons. The van der Waals surface area contributed by atoms with Gasteiger partial charge in [0.25, 0.3) is 5.91 Å². The zero-order valence-corrected chi connectivity index (χ0v) is 12.8. The highest BCUT2D eigenvalue weighted by Crippen LogP contribution is 2.39. The molecule has 1 saturated heterocycles. The van der Waals surface area contributed by atoms with Crippen LogP contribution in [0.4, 0.5) is 4.79 Å². The number of urea groups is 1. The van der Waals surface area contributed by atoms with Gasteiger partial charge < -0.3 is 10.6 Å². The SMILES string of the molecule is C=CCNC(=O)CN1C(=O)NC2(CCCc3ccccc32)C1=O. The van der Waals surface area contributed by atoms with Crippen molar-refractivity contribution < 1.29 is 14.4 Å². The smallest absolute Gasteiger partial charge is 0.325 e. The molecule has 4 amide bonds. The summed E-state index contributed by atoms with van der Waals surface area (Å²) in [7, 11) is 0. The van der Waals surface area contributed by atoms with Crippen LogP contribution in [-0.2, 0) is 21.5 Å². The van der Waals surface area contributed by atoms with E-state index in [9.17, 15) is 14.4 Å². The van der Waals surface area contributed by atoms with Crippen LogP contribution in [0.15, 0.2) is 36.9 Å². The lowest BCUT2D eigenvalue weighted by Gasteiger charge is -2.33. The Morgan fingerprint density at radius 3 is 2.96 bits per heavy atom. The molecular weight excluding hydrogens is 294 g/mol. The Morgan fingerprint density at radius 1 is 1.39 bits per heavy atom. The lowest BCUT2D eigenvalue weighted by Crippen LogP contribution is -2.47. The Morgan fingerprint density at radius 2 is 2.17 bits per heavy atom. The average molecular weight is 313 g/mol.